The lowest BCUT2D eigenvalue weighted by atomic mass is 10.0. The highest BCUT2D eigenvalue weighted by atomic mass is 79.9. The van der Waals surface area contributed by atoms with Crippen LogP contribution in [-0.4, -0.2) is 29.5 Å². The second kappa shape index (κ2) is 6.25. The molecule has 2 aromatic rings. The summed E-state index contributed by atoms with van der Waals surface area (Å²) in [6.07, 6.45) is 0.620. The molecule has 1 aromatic heterocycles. The van der Waals surface area contributed by atoms with E-state index >= 15 is 0 Å². The molecule has 0 amide bonds. The average molecular weight is 373 g/mol. The Balaban J connectivity index is 2.16. The molecule has 21 heavy (non-hydrogen) atoms. The molecule has 1 aromatic carbocycles. The molecule has 0 aliphatic rings. The first kappa shape index (κ1) is 16.1. The molecular weight excluding hydrogens is 356 g/mol. The standard InChI is InChI=1S/C13H17BrN4O2S/c1-9-6-4-5-7-11(9)8-10(2)16-21(19,20)13-12(14)15-17-18(13)3/h4-7,10,16H,8H2,1-3H3. The number of aromatic nitrogens is 3. The maximum absolute atomic E-state index is 12.4. The Morgan fingerprint density at radius 3 is 2.62 bits per heavy atom. The minimum Gasteiger partial charge on any atom is -0.235 e. The minimum absolute atomic E-state index is 0.0270. The third kappa shape index (κ3) is 3.69. The Morgan fingerprint density at radius 2 is 2.05 bits per heavy atom. The third-order valence-electron chi connectivity index (χ3n) is 3.14. The van der Waals surface area contributed by atoms with Crippen molar-refractivity contribution in [3.8, 4) is 0 Å². The van der Waals surface area contributed by atoms with Gasteiger partial charge >= 0.3 is 0 Å². The zero-order chi connectivity index (χ0) is 15.6. The molecule has 1 N–H and O–H groups in total. The van der Waals surface area contributed by atoms with Crippen LogP contribution in [0.3, 0.4) is 0 Å². The number of nitrogens with one attached hydrogen (secondary N) is 1. The predicted molar refractivity (Wildman–Crippen MR) is 83.4 cm³/mol. The molecule has 0 radical (unpaired) electrons. The van der Waals surface area contributed by atoms with Crippen LogP contribution in [-0.2, 0) is 23.5 Å². The number of rotatable bonds is 5. The van der Waals surface area contributed by atoms with Gasteiger partial charge in [0.2, 0.25) is 5.03 Å². The minimum atomic E-state index is -3.67. The maximum atomic E-state index is 12.4. The van der Waals surface area contributed by atoms with Gasteiger partial charge < -0.3 is 0 Å². The summed E-state index contributed by atoms with van der Waals surface area (Å²) in [5.74, 6) is 0. The molecule has 0 saturated heterocycles. The van der Waals surface area contributed by atoms with Crippen LogP contribution in [0.4, 0.5) is 0 Å². The van der Waals surface area contributed by atoms with E-state index in [0.717, 1.165) is 11.1 Å². The molecule has 1 unspecified atom stereocenters. The number of halogens is 1. The van der Waals surface area contributed by atoms with Crippen LogP contribution in [0.15, 0.2) is 33.9 Å². The molecule has 1 heterocycles. The Hall–Kier alpha value is -1.25. The zero-order valence-corrected chi connectivity index (χ0v) is 14.4. The topological polar surface area (TPSA) is 76.9 Å². The number of sulfonamides is 1. The smallest absolute Gasteiger partial charge is 0.235 e. The number of hydrogen-bond donors (Lipinski definition) is 1. The first-order valence-electron chi connectivity index (χ1n) is 6.43. The quantitative estimate of drug-likeness (QED) is 0.867. The fourth-order valence-corrected chi connectivity index (χ4v) is 4.48. The SMILES string of the molecule is Cc1ccccc1CC(C)NS(=O)(=O)c1c(Br)nnn1C. The van der Waals surface area contributed by atoms with E-state index in [9.17, 15) is 8.42 Å². The van der Waals surface area contributed by atoms with E-state index in [-0.39, 0.29) is 15.7 Å². The maximum Gasteiger partial charge on any atom is 0.260 e. The summed E-state index contributed by atoms with van der Waals surface area (Å²) >= 11 is 3.11. The second-order valence-corrected chi connectivity index (χ2v) is 7.34. The summed E-state index contributed by atoms with van der Waals surface area (Å²) in [4.78, 5) is 0. The van der Waals surface area contributed by atoms with Crippen LogP contribution < -0.4 is 4.72 Å². The molecule has 0 fully saturated rings. The van der Waals surface area contributed by atoms with Crippen molar-refractivity contribution in [2.45, 2.75) is 31.3 Å². The van der Waals surface area contributed by atoms with Gasteiger partial charge in [-0.3, -0.25) is 0 Å². The fraction of sp³-hybridized carbons (Fsp3) is 0.385. The lowest BCUT2D eigenvalue weighted by Crippen LogP contribution is -2.35. The van der Waals surface area contributed by atoms with Crippen molar-refractivity contribution < 1.29 is 8.42 Å². The molecule has 0 spiro atoms. The van der Waals surface area contributed by atoms with Gasteiger partial charge in [-0.25, -0.2) is 17.8 Å². The van der Waals surface area contributed by atoms with E-state index < -0.39 is 10.0 Å². The van der Waals surface area contributed by atoms with Gasteiger partial charge in [-0.15, -0.1) is 5.10 Å². The lowest BCUT2D eigenvalue weighted by molar-refractivity contribution is 0.542. The molecule has 1 atom stereocenters. The molecule has 0 saturated carbocycles. The van der Waals surface area contributed by atoms with E-state index in [0.29, 0.717) is 6.42 Å². The largest absolute Gasteiger partial charge is 0.260 e. The highest BCUT2D eigenvalue weighted by Gasteiger charge is 2.25. The van der Waals surface area contributed by atoms with Gasteiger partial charge in [0.15, 0.2) is 4.60 Å². The molecule has 0 aliphatic heterocycles. The summed E-state index contributed by atoms with van der Waals surface area (Å²) in [6, 6.07) is 7.69. The van der Waals surface area contributed by atoms with Gasteiger partial charge in [-0.2, -0.15) is 0 Å². The van der Waals surface area contributed by atoms with Gasteiger partial charge in [0.25, 0.3) is 10.0 Å². The van der Waals surface area contributed by atoms with Crippen molar-refractivity contribution in [1.82, 2.24) is 19.7 Å². The Morgan fingerprint density at radius 1 is 1.38 bits per heavy atom. The molecule has 0 aliphatic carbocycles. The van der Waals surface area contributed by atoms with Crippen molar-refractivity contribution in [3.63, 3.8) is 0 Å². The van der Waals surface area contributed by atoms with Gasteiger partial charge in [-0.05, 0) is 47.3 Å². The summed E-state index contributed by atoms with van der Waals surface area (Å²) in [5, 5.41) is 7.41. The van der Waals surface area contributed by atoms with Crippen LogP contribution >= 0.6 is 15.9 Å². The van der Waals surface area contributed by atoms with Gasteiger partial charge in [0.1, 0.15) is 0 Å². The van der Waals surface area contributed by atoms with E-state index in [1.54, 1.807) is 7.05 Å². The van der Waals surface area contributed by atoms with Crippen LogP contribution in [0.25, 0.3) is 0 Å². The van der Waals surface area contributed by atoms with E-state index in [2.05, 4.69) is 31.0 Å². The summed E-state index contributed by atoms with van der Waals surface area (Å²) in [5.41, 5.74) is 2.27. The number of aryl methyl sites for hydroxylation is 2. The molecular formula is C13H17BrN4O2S. The summed E-state index contributed by atoms with van der Waals surface area (Å²) < 4.78 is 28.9. The molecule has 0 bridgehead atoms. The predicted octanol–water partition coefficient (Wildman–Crippen LogP) is 1.80. The highest BCUT2D eigenvalue weighted by Crippen LogP contribution is 2.18. The van der Waals surface area contributed by atoms with Crippen molar-refractivity contribution in [3.05, 3.63) is 40.0 Å². The van der Waals surface area contributed by atoms with E-state index in [4.69, 9.17) is 0 Å². The van der Waals surface area contributed by atoms with Gasteiger partial charge in [-0.1, -0.05) is 29.5 Å². The first-order chi connectivity index (χ1) is 9.81. The lowest BCUT2D eigenvalue weighted by Gasteiger charge is -2.15. The molecule has 114 valence electrons. The Kier molecular flexibility index (Phi) is 4.80. The summed E-state index contributed by atoms with van der Waals surface area (Å²) in [6.45, 7) is 3.85. The van der Waals surface area contributed by atoms with Crippen molar-refractivity contribution in [2.75, 3.05) is 0 Å². The molecule has 8 heteroatoms. The van der Waals surface area contributed by atoms with Crippen molar-refractivity contribution in [2.24, 2.45) is 7.05 Å². The Labute approximate surface area is 132 Å². The number of benzene rings is 1. The van der Waals surface area contributed by atoms with E-state index in [1.807, 2.05) is 38.1 Å². The van der Waals surface area contributed by atoms with Gasteiger partial charge in [0, 0.05) is 13.1 Å². The number of nitrogens with zero attached hydrogens (tertiary/aromatic N) is 3. The van der Waals surface area contributed by atoms with Crippen LogP contribution in [0.1, 0.15) is 18.1 Å². The normalized spacial score (nSPS) is 13.3. The average Bonchev–Trinajstić information content (AvgIpc) is 2.71. The second-order valence-electron chi connectivity index (χ2n) is 4.96. The summed E-state index contributed by atoms with van der Waals surface area (Å²) in [7, 11) is -2.13. The van der Waals surface area contributed by atoms with Crippen molar-refractivity contribution >= 4 is 26.0 Å². The Bertz CT molecular complexity index is 723. The van der Waals surface area contributed by atoms with Crippen LogP contribution in [0.5, 0.6) is 0 Å². The van der Waals surface area contributed by atoms with Crippen LogP contribution in [0, 0.1) is 6.92 Å². The van der Waals surface area contributed by atoms with Gasteiger partial charge in [0.05, 0.1) is 0 Å². The molecule has 2 rings (SSSR count). The number of hydrogen-bond acceptors (Lipinski definition) is 4. The first-order valence-corrected chi connectivity index (χ1v) is 8.71. The molecule has 6 nitrogen and oxygen atoms in total. The van der Waals surface area contributed by atoms with Crippen LogP contribution in [0.2, 0.25) is 0 Å². The zero-order valence-electron chi connectivity index (χ0n) is 12.0. The van der Waals surface area contributed by atoms with E-state index in [1.165, 1.54) is 4.68 Å². The third-order valence-corrected chi connectivity index (χ3v) is 5.61. The highest BCUT2D eigenvalue weighted by molar-refractivity contribution is 9.10. The van der Waals surface area contributed by atoms with Crippen molar-refractivity contribution in [1.29, 1.82) is 0 Å². The fourth-order valence-electron chi connectivity index (χ4n) is 2.14. The monoisotopic (exact) mass is 372 g/mol.